The number of aryl methyl sites for hydroxylation is 2. The van der Waals surface area contributed by atoms with Crippen LogP contribution in [0.5, 0.6) is 0 Å². The number of nitrogens with two attached hydrogens (primary N) is 1. The molecule has 0 aliphatic rings. The lowest BCUT2D eigenvalue weighted by Gasteiger charge is -2.08. The van der Waals surface area contributed by atoms with Gasteiger partial charge in [-0.25, -0.2) is 4.98 Å². The lowest BCUT2D eigenvalue weighted by Crippen LogP contribution is -1.97. The van der Waals surface area contributed by atoms with Gasteiger partial charge in [-0.15, -0.1) is 0 Å². The van der Waals surface area contributed by atoms with Gasteiger partial charge in [0.05, 0.1) is 11.9 Å². The van der Waals surface area contributed by atoms with Crippen LogP contribution in [-0.4, -0.2) is 4.98 Å². The molecule has 0 aliphatic heterocycles. The lowest BCUT2D eigenvalue weighted by molar-refractivity contribution is 1.14. The first-order chi connectivity index (χ1) is 8.19. The summed E-state index contributed by atoms with van der Waals surface area (Å²) in [6, 6.07) is 10.3. The molecule has 0 bridgehead atoms. The average molecular weight is 227 g/mol. The minimum absolute atomic E-state index is 0.720. The van der Waals surface area contributed by atoms with Crippen molar-refractivity contribution >= 4 is 17.2 Å². The van der Waals surface area contributed by atoms with Crippen LogP contribution in [0.4, 0.5) is 17.2 Å². The van der Waals surface area contributed by atoms with Gasteiger partial charge in [0.25, 0.3) is 0 Å². The first kappa shape index (κ1) is 11.5. The molecule has 0 spiro atoms. The highest BCUT2D eigenvalue weighted by atomic mass is 15.0. The molecule has 17 heavy (non-hydrogen) atoms. The fraction of sp³-hybridized carbons (Fsp3) is 0.214. The number of nitrogens with one attached hydrogen (secondary N) is 1. The number of hydrogen-bond donors (Lipinski definition) is 2. The van der Waals surface area contributed by atoms with E-state index in [0.29, 0.717) is 0 Å². The van der Waals surface area contributed by atoms with Crippen molar-refractivity contribution in [2.24, 2.45) is 0 Å². The Hall–Kier alpha value is -2.03. The van der Waals surface area contributed by atoms with Crippen LogP contribution >= 0.6 is 0 Å². The van der Waals surface area contributed by atoms with Crippen molar-refractivity contribution in [1.82, 2.24) is 4.98 Å². The summed E-state index contributed by atoms with van der Waals surface area (Å²) < 4.78 is 0. The third kappa shape index (κ3) is 2.75. The van der Waals surface area contributed by atoms with Crippen LogP contribution in [0.2, 0.25) is 0 Å². The Labute approximate surface area is 102 Å². The monoisotopic (exact) mass is 227 g/mol. The predicted octanol–water partition coefficient (Wildman–Crippen LogP) is 3.28. The molecule has 3 nitrogen and oxygen atoms in total. The maximum atomic E-state index is 5.74. The van der Waals surface area contributed by atoms with Crippen LogP contribution < -0.4 is 11.1 Å². The highest BCUT2D eigenvalue weighted by Gasteiger charge is 1.99. The summed E-state index contributed by atoms with van der Waals surface area (Å²) in [7, 11) is 0. The van der Waals surface area contributed by atoms with Crippen LogP contribution in [0.15, 0.2) is 36.5 Å². The minimum atomic E-state index is 0.720. The Balaban J connectivity index is 2.22. The molecule has 0 radical (unpaired) electrons. The second-order valence-electron chi connectivity index (χ2n) is 4.11. The van der Waals surface area contributed by atoms with Crippen molar-refractivity contribution in [3.8, 4) is 0 Å². The molecule has 0 atom stereocenters. The van der Waals surface area contributed by atoms with Gasteiger partial charge in [-0.05, 0) is 42.7 Å². The van der Waals surface area contributed by atoms with Crippen LogP contribution in [-0.2, 0) is 6.42 Å². The van der Waals surface area contributed by atoms with Gasteiger partial charge in [0.15, 0.2) is 0 Å². The van der Waals surface area contributed by atoms with Gasteiger partial charge in [0, 0.05) is 5.69 Å². The highest BCUT2D eigenvalue weighted by molar-refractivity contribution is 5.60. The average Bonchev–Trinajstić information content (AvgIpc) is 2.34. The molecule has 0 fully saturated rings. The number of aromatic nitrogens is 1. The number of benzene rings is 1. The standard InChI is InChI=1S/C14H17N3/c1-3-11-5-4-6-12(8-11)17-14-7-10(2)13(15)9-16-14/h4-9H,3,15H2,1-2H3,(H,16,17). The van der Waals surface area contributed by atoms with E-state index < -0.39 is 0 Å². The quantitative estimate of drug-likeness (QED) is 0.846. The Morgan fingerprint density at radius 3 is 2.82 bits per heavy atom. The van der Waals surface area contributed by atoms with E-state index in [-0.39, 0.29) is 0 Å². The molecule has 3 heteroatoms. The van der Waals surface area contributed by atoms with E-state index in [0.717, 1.165) is 29.2 Å². The summed E-state index contributed by atoms with van der Waals surface area (Å²) in [5.74, 6) is 0.824. The van der Waals surface area contributed by atoms with E-state index in [1.165, 1.54) is 5.56 Å². The summed E-state index contributed by atoms with van der Waals surface area (Å²) in [5, 5.41) is 3.28. The van der Waals surface area contributed by atoms with Crippen molar-refractivity contribution in [3.05, 3.63) is 47.7 Å². The molecule has 0 amide bonds. The highest BCUT2D eigenvalue weighted by Crippen LogP contribution is 2.19. The topological polar surface area (TPSA) is 50.9 Å². The summed E-state index contributed by atoms with van der Waals surface area (Å²) in [6.07, 6.45) is 2.71. The number of pyridine rings is 1. The van der Waals surface area contributed by atoms with Crippen molar-refractivity contribution in [2.75, 3.05) is 11.1 Å². The fourth-order valence-electron chi connectivity index (χ4n) is 1.65. The largest absolute Gasteiger partial charge is 0.397 e. The second kappa shape index (κ2) is 4.87. The summed E-state index contributed by atoms with van der Waals surface area (Å²) in [4.78, 5) is 4.25. The van der Waals surface area contributed by atoms with Gasteiger partial charge in [-0.3, -0.25) is 0 Å². The molecular formula is C14H17N3. The third-order valence-electron chi connectivity index (χ3n) is 2.76. The van der Waals surface area contributed by atoms with Gasteiger partial charge in [0.2, 0.25) is 0 Å². The maximum absolute atomic E-state index is 5.74. The van der Waals surface area contributed by atoms with E-state index >= 15 is 0 Å². The fourth-order valence-corrected chi connectivity index (χ4v) is 1.65. The van der Waals surface area contributed by atoms with Crippen LogP contribution in [0.1, 0.15) is 18.1 Å². The summed E-state index contributed by atoms with van der Waals surface area (Å²) >= 11 is 0. The summed E-state index contributed by atoms with van der Waals surface area (Å²) in [5.41, 5.74) is 9.86. The van der Waals surface area contributed by atoms with E-state index in [1.807, 2.05) is 25.1 Å². The van der Waals surface area contributed by atoms with E-state index in [1.54, 1.807) is 6.20 Å². The second-order valence-corrected chi connectivity index (χ2v) is 4.11. The number of anilines is 3. The maximum Gasteiger partial charge on any atom is 0.130 e. The normalized spacial score (nSPS) is 10.2. The predicted molar refractivity (Wildman–Crippen MR) is 72.5 cm³/mol. The number of rotatable bonds is 3. The van der Waals surface area contributed by atoms with Gasteiger partial charge in [-0.2, -0.15) is 0 Å². The van der Waals surface area contributed by atoms with Crippen molar-refractivity contribution in [3.63, 3.8) is 0 Å². The Morgan fingerprint density at radius 1 is 1.29 bits per heavy atom. The zero-order valence-corrected chi connectivity index (χ0v) is 10.2. The zero-order valence-electron chi connectivity index (χ0n) is 10.2. The molecule has 0 saturated carbocycles. The van der Waals surface area contributed by atoms with Crippen LogP contribution in [0.3, 0.4) is 0 Å². The first-order valence-electron chi connectivity index (χ1n) is 5.77. The van der Waals surface area contributed by atoms with E-state index in [9.17, 15) is 0 Å². The molecule has 1 aromatic heterocycles. The van der Waals surface area contributed by atoms with Gasteiger partial charge >= 0.3 is 0 Å². The zero-order chi connectivity index (χ0) is 12.3. The van der Waals surface area contributed by atoms with Gasteiger partial charge < -0.3 is 11.1 Å². The van der Waals surface area contributed by atoms with Gasteiger partial charge in [0.1, 0.15) is 5.82 Å². The molecule has 1 heterocycles. The van der Waals surface area contributed by atoms with Crippen molar-refractivity contribution in [1.29, 1.82) is 0 Å². The Morgan fingerprint density at radius 2 is 2.12 bits per heavy atom. The molecule has 3 N–H and O–H groups in total. The molecule has 0 unspecified atom stereocenters. The smallest absolute Gasteiger partial charge is 0.130 e. The number of hydrogen-bond acceptors (Lipinski definition) is 3. The van der Waals surface area contributed by atoms with E-state index in [2.05, 4.69) is 29.4 Å². The lowest BCUT2D eigenvalue weighted by atomic mass is 10.1. The van der Waals surface area contributed by atoms with E-state index in [4.69, 9.17) is 5.73 Å². The molecule has 0 aliphatic carbocycles. The number of nitrogens with zero attached hydrogens (tertiary/aromatic N) is 1. The molecule has 0 saturated heterocycles. The molecule has 88 valence electrons. The summed E-state index contributed by atoms with van der Waals surface area (Å²) in [6.45, 7) is 4.12. The Kier molecular flexibility index (Phi) is 3.28. The van der Waals surface area contributed by atoms with Gasteiger partial charge in [-0.1, -0.05) is 19.1 Å². The minimum Gasteiger partial charge on any atom is -0.397 e. The molecule has 2 rings (SSSR count). The first-order valence-corrected chi connectivity index (χ1v) is 5.77. The molecule has 2 aromatic rings. The third-order valence-corrected chi connectivity index (χ3v) is 2.76. The van der Waals surface area contributed by atoms with Crippen LogP contribution in [0, 0.1) is 6.92 Å². The number of nitrogen functional groups attached to an aromatic ring is 1. The van der Waals surface area contributed by atoms with Crippen LogP contribution in [0.25, 0.3) is 0 Å². The van der Waals surface area contributed by atoms with Crippen molar-refractivity contribution < 1.29 is 0 Å². The molecular weight excluding hydrogens is 210 g/mol. The SMILES string of the molecule is CCc1cccc(Nc2cc(C)c(N)cn2)c1. The molecule has 1 aromatic carbocycles. The Bertz CT molecular complexity index is 521. The van der Waals surface area contributed by atoms with Crippen molar-refractivity contribution in [2.45, 2.75) is 20.3 Å².